The SMILES string of the molecule is CCC1COC(C)CN1Cc1cc(CNCC(C)C)no1. The van der Waals surface area contributed by atoms with Crippen LogP contribution in [0.15, 0.2) is 10.6 Å². The highest BCUT2D eigenvalue weighted by Gasteiger charge is 2.26. The van der Waals surface area contributed by atoms with Gasteiger partial charge in [0, 0.05) is 25.2 Å². The molecule has 1 N–H and O–H groups in total. The molecule has 0 aromatic carbocycles. The van der Waals surface area contributed by atoms with Crippen LogP contribution < -0.4 is 5.32 Å². The predicted molar refractivity (Wildman–Crippen MR) is 83.0 cm³/mol. The zero-order valence-corrected chi connectivity index (χ0v) is 13.8. The number of rotatable bonds is 7. The minimum absolute atomic E-state index is 0.294. The smallest absolute Gasteiger partial charge is 0.151 e. The molecule has 2 unspecified atom stereocenters. The van der Waals surface area contributed by atoms with Gasteiger partial charge >= 0.3 is 0 Å². The number of nitrogens with one attached hydrogen (secondary N) is 1. The van der Waals surface area contributed by atoms with Crippen LogP contribution in [0.25, 0.3) is 0 Å². The zero-order valence-electron chi connectivity index (χ0n) is 13.8. The van der Waals surface area contributed by atoms with Gasteiger partial charge in [-0.25, -0.2) is 0 Å². The Morgan fingerprint density at radius 2 is 2.29 bits per heavy atom. The largest absolute Gasteiger partial charge is 0.376 e. The standard InChI is InChI=1S/C16H29N3O2/c1-5-15-11-20-13(4)9-19(15)10-16-6-14(18-21-16)8-17-7-12(2)3/h6,12-13,15,17H,5,7-11H2,1-4H3. The number of hydrogen-bond donors (Lipinski definition) is 1. The molecule has 1 fully saturated rings. The van der Waals surface area contributed by atoms with Gasteiger partial charge in [0.1, 0.15) is 0 Å². The van der Waals surface area contributed by atoms with E-state index in [1.54, 1.807) is 0 Å². The molecule has 1 aliphatic rings. The lowest BCUT2D eigenvalue weighted by Gasteiger charge is -2.37. The lowest BCUT2D eigenvalue weighted by molar-refractivity contribution is -0.0615. The quantitative estimate of drug-likeness (QED) is 0.837. The maximum Gasteiger partial charge on any atom is 0.151 e. The average Bonchev–Trinajstić information content (AvgIpc) is 2.86. The van der Waals surface area contributed by atoms with E-state index in [9.17, 15) is 0 Å². The van der Waals surface area contributed by atoms with E-state index in [0.717, 1.165) is 50.7 Å². The van der Waals surface area contributed by atoms with Crippen molar-refractivity contribution in [2.24, 2.45) is 5.92 Å². The number of morpholine rings is 1. The Kier molecular flexibility index (Phi) is 6.21. The van der Waals surface area contributed by atoms with Gasteiger partial charge in [-0.2, -0.15) is 0 Å². The van der Waals surface area contributed by atoms with Crippen LogP contribution in [0.3, 0.4) is 0 Å². The van der Waals surface area contributed by atoms with Gasteiger partial charge < -0.3 is 14.6 Å². The molecular formula is C16H29N3O2. The van der Waals surface area contributed by atoms with Crippen molar-refractivity contribution in [3.63, 3.8) is 0 Å². The summed E-state index contributed by atoms with van der Waals surface area (Å²) in [5, 5.41) is 7.54. The molecule has 1 aliphatic heterocycles. The molecule has 0 aliphatic carbocycles. The van der Waals surface area contributed by atoms with Crippen LogP contribution >= 0.6 is 0 Å². The molecule has 5 nitrogen and oxygen atoms in total. The molecule has 120 valence electrons. The first-order chi connectivity index (χ1) is 10.1. The lowest BCUT2D eigenvalue weighted by atomic mass is 10.1. The number of ether oxygens (including phenoxy) is 1. The minimum Gasteiger partial charge on any atom is -0.376 e. The molecule has 5 heteroatoms. The van der Waals surface area contributed by atoms with Crippen molar-refractivity contribution < 1.29 is 9.26 Å². The van der Waals surface area contributed by atoms with E-state index in [0.29, 0.717) is 18.1 Å². The summed E-state index contributed by atoms with van der Waals surface area (Å²) < 4.78 is 11.2. The average molecular weight is 295 g/mol. The molecule has 21 heavy (non-hydrogen) atoms. The van der Waals surface area contributed by atoms with Crippen LogP contribution in [-0.2, 0) is 17.8 Å². The van der Waals surface area contributed by atoms with Gasteiger partial charge in [-0.3, -0.25) is 4.90 Å². The van der Waals surface area contributed by atoms with Gasteiger partial charge in [-0.1, -0.05) is 25.9 Å². The van der Waals surface area contributed by atoms with Gasteiger partial charge in [0.2, 0.25) is 0 Å². The molecule has 2 heterocycles. The van der Waals surface area contributed by atoms with E-state index in [4.69, 9.17) is 9.26 Å². The van der Waals surface area contributed by atoms with E-state index >= 15 is 0 Å². The molecular weight excluding hydrogens is 266 g/mol. The number of nitrogens with zero attached hydrogens (tertiary/aromatic N) is 2. The van der Waals surface area contributed by atoms with Crippen LogP contribution in [-0.4, -0.2) is 41.9 Å². The first-order valence-corrected chi connectivity index (χ1v) is 8.09. The Balaban J connectivity index is 1.85. The molecule has 0 saturated carbocycles. The summed E-state index contributed by atoms with van der Waals surface area (Å²) in [6, 6.07) is 2.55. The first kappa shape index (κ1) is 16.5. The Labute approximate surface area is 128 Å². The fourth-order valence-corrected chi connectivity index (χ4v) is 2.69. The summed E-state index contributed by atoms with van der Waals surface area (Å²) in [5.41, 5.74) is 0.986. The molecule has 0 bridgehead atoms. The highest BCUT2D eigenvalue weighted by atomic mass is 16.5. The van der Waals surface area contributed by atoms with E-state index in [-0.39, 0.29) is 0 Å². The van der Waals surface area contributed by atoms with Gasteiger partial charge in [0.05, 0.1) is 24.9 Å². The predicted octanol–water partition coefficient (Wildman–Crippen LogP) is 2.42. The third-order valence-electron chi connectivity index (χ3n) is 3.88. The molecule has 2 rings (SSSR count). The summed E-state index contributed by atoms with van der Waals surface area (Å²) in [5.74, 6) is 1.60. The fraction of sp³-hybridized carbons (Fsp3) is 0.812. The van der Waals surface area contributed by atoms with E-state index in [1.165, 1.54) is 0 Å². The normalized spacial score (nSPS) is 23.9. The van der Waals surface area contributed by atoms with E-state index < -0.39 is 0 Å². The van der Waals surface area contributed by atoms with Crippen molar-refractivity contribution >= 4 is 0 Å². The molecule has 1 aromatic rings. The lowest BCUT2D eigenvalue weighted by Crippen LogP contribution is -2.47. The van der Waals surface area contributed by atoms with Crippen molar-refractivity contribution in [3.8, 4) is 0 Å². The Hall–Kier alpha value is -0.910. The van der Waals surface area contributed by atoms with E-state index in [1.807, 2.05) is 0 Å². The molecule has 2 atom stereocenters. The summed E-state index contributed by atoms with van der Waals surface area (Å²) >= 11 is 0. The fourth-order valence-electron chi connectivity index (χ4n) is 2.69. The minimum atomic E-state index is 0.294. The van der Waals surface area contributed by atoms with E-state index in [2.05, 4.69) is 49.1 Å². The first-order valence-electron chi connectivity index (χ1n) is 8.09. The Morgan fingerprint density at radius 3 is 3.00 bits per heavy atom. The second kappa shape index (κ2) is 7.92. The maximum atomic E-state index is 5.73. The Morgan fingerprint density at radius 1 is 1.48 bits per heavy atom. The monoisotopic (exact) mass is 295 g/mol. The molecule has 0 spiro atoms. The van der Waals surface area contributed by atoms with Crippen molar-refractivity contribution in [2.45, 2.75) is 59.4 Å². The second-order valence-corrected chi connectivity index (χ2v) is 6.44. The van der Waals surface area contributed by atoms with Crippen molar-refractivity contribution in [3.05, 3.63) is 17.5 Å². The summed E-state index contributed by atoms with van der Waals surface area (Å²) in [6.07, 6.45) is 1.40. The van der Waals surface area contributed by atoms with Crippen LogP contribution in [0, 0.1) is 5.92 Å². The maximum absolute atomic E-state index is 5.73. The van der Waals surface area contributed by atoms with Crippen LogP contribution in [0.1, 0.15) is 45.6 Å². The van der Waals surface area contributed by atoms with Gasteiger partial charge in [-0.15, -0.1) is 0 Å². The number of hydrogen-bond acceptors (Lipinski definition) is 5. The second-order valence-electron chi connectivity index (χ2n) is 6.44. The third kappa shape index (κ3) is 5.09. The van der Waals surface area contributed by atoms with Crippen molar-refractivity contribution in [2.75, 3.05) is 19.7 Å². The topological polar surface area (TPSA) is 50.5 Å². The highest BCUT2D eigenvalue weighted by molar-refractivity contribution is 5.05. The van der Waals surface area contributed by atoms with Gasteiger partial charge in [-0.05, 0) is 25.8 Å². The van der Waals surface area contributed by atoms with Crippen molar-refractivity contribution in [1.29, 1.82) is 0 Å². The molecule has 1 aromatic heterocycles. The summed E-state index contributed by atoms with van der Waals surface area (Å²) in [6.45, 7) is 13.1. The van der Waals surface area contributed by atoms with Crippen LogP contribution in [0.2, 0.25) is 0 Å². The molecule has 0 amide bonds. The van der Waals surface area contributed by atoms with Gasteiger partial charge in [0.25, 0.3) is 0 Å². The van der Waals surface area contributed by atoms with Gasteiger partial charge in [0.15, 0.2) is 5.76 Å². The van der Waals surface area contributed by atoms with Crippen LogP contribution in [0.5, 0.6) is 0 Å². The van der Waals surface area contributed by atoms with Crippen molar-refractivity contribution in [1.82, 2.24) is 15.4 Å². The molecule has 0 radical (unpaired) electrons. The van der Waals surface area contributed by atoms with Crippen LogP contribution in [0.4, 0.5) is 0 Å². The summed E-state index contributed by atoms with van der Waals surface area (Å²) in [4.78, 5) is 2.44. The third-order valence-corrected chi connectivity index (χ3v) is 3.88. The zero-order chi connectivity index (χ0) is 15.2. The Bertz CT molecular complexity index is 419. The highest BCUT2D eigenvalue weighted by Crippen LogP contribution is 2.18. The summed E-state index contributed by atoms with van der Waals surface area (Å²) in [7, 11) is 0. The number of aromatic nitrogens is 1. The molecule has 1 saturated heterocycles.